The predicted molar refractivity (Wildman–Crippen MR) is 387 cm³/mol. The van der Waals surface area contributed by atoms with Crippen LogP contribution in [0, 0.1) is 29.1 Å². The molecule has 0 spiro atoms. The van der Waals surface area contributed by atoms with E-state index in [1.807, 2.05) is 36.5 Å². The van der Waals surface area contributed by atoms with E-state index in [1.54, 1.807) is 18.3 Å². The Bertz CT molecular complexity index is 4600. The highest BCUT2D eigenvalue weighted by molar-refractivity contribution is 6.88. The summed E-state index contributed by atoms with van der Waals surface area (Å²) in [6, 6.07) is 64.3. The highest BCUT2D eigenvalue weighted by Crippen LogP contribution is 2.36. The van der Waals surface area contributed by atoms with Gasteiger partial charge in [0.25, 0.3) is 0 Å². The molecule has 8 nitrogen and oxygen atoms in total. The Hall–Kier alpha value is -10.1. The summed E-state index contributed by atoms with van der Waals surface area (Å²) in [5.74, 6) is -6.65. The van der Waals surface area contributed by atoms with Crippen LogP contribution in [0.4, 0.5) is 22.0 Å². The third kappa shape index (κ3) is 15.5. The lowest BCUT2D eigenvalue weighted by Gasteiger charge is -2.19. The number of nitrogens with zero attached hydrogens (tertiary/aromatic N) is 8. The van der Waals surface area contributed by atoms with Crippen LogP contribution in [-0.2, 0) is 21.7 Å². The zero-order chi connectivity index (χ0) is 69.5. The van der Waals surface area contributed by atoms with Gasteiger partial charge in [-0.15, -0.1) is 0 Å². The number of pyridine rings is 2. The number of rotatable bonds is 11. The Kier molecular flexibility index (Phi) is 18.9. The van der Waals surface area contributed by atoms with Gasteiger partial charge in [0.05, 0.1) is 25.0 Å². The topological polar surface area (TPSA) is 103 Å². The van der Waals surface area contributed by atoms with Crippen LogP contribution in [0.25, 0.3) is 113 Å². The van der Waals surface area contributed by atoms with Crippen LogP contribution in [0.5, 0.6) is 0 Å². The summed E-state index contributed by atoms with van der Waals surface area (Å²) in [5.41, 5.74) is 14.4. The Morgan fingerprint density at radius 3 is 0.701 bits per heavy atom. The smallest absolute Gasteiger partial charge is 0.200 e. The van der Waals surface area contributed by atoms with E-state index in [4.69, 9.17) is 34.9 Å². The standard InChI is InChI=1S/C43H46N4Si.C40H33F5N4/c1-42(2,3)35-21-14-32(15-22-35)39-45-40(33-16-23-36(24-17-33)43(4,5)6)47-41(46-39)34-20-27-38(44-28-34)31-12-10-29(11-13-31)30-18-25-37(26-19-30)48(7,8)9;1-39(2,3)27-16-11-24(12-17-27)36-47-37(25-13-18-28(19-14-25)40(4,5)6)49-38(48-36)26-15-20-29(46-21-26)22-7-9-23(10-8-22)30-31(41)33(43)35(45)34(44)32(30)42/h10-28H,1-9H3;7-21H,1-6H3. The van der Waals surface area contributed by atoms with Crippen LogP contribution in [0.15, 0.2) is 207 Å². The van der Waals surface area contributed by atoms with E-state index in [2.05, 4.69) is 235 Å². The fourth-order valence-corrected chi connectivity index (χ4v) is 12.2. The lowest BCUT2D eigenvalue weighted by Crippen LogP contribution is -2.37. The second kappa shape index (κ2) is 26.9. The normalized spacial score (nSPS) is 12.1. The van der Waals surface area contributed by atoms with E-state index in [9.17, 15) is 22.0 Å². The maximum absolute atomic E-state index is 14.4. The van der Waals surface area contributed by atoms with Crippen molar-refractivity contribution in [3.63, 3.8) is 0 Å². The predicted octanol–water partition coefficient (Wildman–Crippen LogP) is 21.6. The molecule has 0 aliphatic rings. The second-order valence-corrected chi connectivity index (χ2v) is 34.8. The largest absolute Gasteiger partial charge is 0.255 e. The second-order valence-electron chi connectivity index (χ2n) is 29.7. The number of hydrogen-bond donors (Lipinski definition) is 0. The molecule has 490 valence electrons. The van der Waals surface area contributed by atoms with E-state index in [0.29, 0.717) is 51.8 Å². The van der Waals surface area contributed by atoms with Gasteiger partial charge in [-0.1, -0.05) is 278 Å². The van der Waals surface area contributed by atoms with Crippen molar-refractivity contribution in [3.05, 3.63) is 258 Å². The zero-order valence-electron chi connectivity index (χ0n) is 57.6. The van der Waals surface area contributed by atoms with E-state index >= 15 is 0 Å². The Morgan fingerprint density at radius 1 is 0.237 bits per heavy atom. The van der Waals surface area contributed by atoms with E-state index in [1.165, 1.54) is 62.8 Å². The summed E-state index contributed by atoms with van der Waals surface area (Å²) in [5, 5.41) is 1.47. The van der Waals surface area contributed by atoms with Crippen LogP contribution >= 0.6 is 0 Å². The van der Waals surface area contributed by atoms with Crippen molar-refractivity contribution in [2.75, 3.05) is 0 Å². The monoisotopic (exact) mass is 1310 g/mol. The van der Waals surface area contributed by atoms with Gasteiger partial charge >= 0.3 is 0 Å². The molecule has 97 heavy (non-hydrogen) atoms. The van der Waals surface area contributed by atoms with Gasteiger partial charge in [-0.3, -0.25) is 9.97 Å². The molecule has 0 bridgehead atoms. The lowest BCUT2D eigenvalue weighted by atomic mass is 9.86. The third-order valence-corrected chi connectivity index (χ3v) is 19.4. The van der Waals surface area contributed by atoms with Gasteiger partial charge in [-0.2, -0.15) is 0 Å². The van der Waals surface area contributed by atoms with Crippen molar-refractivity contribution in [3.8, 4) is 113 Å². The van der Waals surface area contributed by atoms with Crippen LogP contribution in [-0.4, -0.2) is 47.9 Å². The molecule has 0 unspecified atom stereocenters. The molecule has 0 N–H and O–H groups in total. The van der Waals surface area contributed by atoms with Crippen molar-refractivity contribution in [1.29, 1.82) is 0 Å². The highest BCUT2D eigenvalue weighted by atomic mass is 28.3. The molecule has 12 aromatic rings. The number of hydrogen-bond acceptors (Lipinski definition) is 8. The fourth-order valence-electron chi connectivity index (χ4n) is 11.1. The molecule has 0 saturated heterocycles. The molecule has 0 aliphatic heterocycles. The maximum atomic E-state index is 14.4. The minimum absolute atomic E-state index is 0.0142. The van der Waals surface area contributed by atoms with Crippen molar-refractivity contribution >= 4 is 13.3 Å². The van der Waals surface area contributed by atoms with Crippen molar-refractivity contribution in [1.82, 2.24) is 39.9 Å². The minimum atomic E-state index is -2.20. The van der Waals surface area contributed by atoms with Crippen molar-refractivity contribution in [2.24, 2.45) is 0 Å². The average Bonchev–Trinajstić information content (AvgIpc) is 1.18. The maximum Gasteiger partial charge on any atom is 0.200 e. The summed E-state index contributed by atoms with van der Waals surface area (Å²) in [6.45, 7) is 33.4. The minimum Gasteiger partial charge on any atom is -0.255 e. The first kappa shape index (κ1) is 68.3. The molecule has 4 aromatic heterocycles. The van der Waals surface area contributed by atoms with E-state index in [0.717, 1.165) is 39.1 Å². The van der Waals surface area contributed by atoms with Crippen LogP contribution < -0.4 is 5.19 Å². The molecule has 8 aromatic carbocycles. The molecule has 0 aliphatic carbocycles. The molecular formula is C83H79F5N8Si. The lowest BCUT2D eigenvalue weighted by molar-refractivity contribution is 0.381. The Labute approximate surface area is 567 Å². The van der Waals surface area contributed by atoms with Gasteiger partial charge in [-0.05, 0) is 84.9 Å². The number of benzene rings is 8. The summed E-state index contributed by atoms with van der Waals surface area (Å²) in [4.78, 5) is 38.8. The summed E-state index contributed by atoms with van der Waals surface area (Å²) < 4.78 is 69.8. The first-order valence-electron chi connectivity index (χ1n) is 32.5. The van der Waals surface area contributed by atoms with Crippen LogP contribution in [0.1, 0.15) is 105 Å². The molecule has 0 amide bonds. The quantitative estimate of drug-likeness (QED) is 0.0546. The van der Waals surface area contributed by atoms with Crippen LogP contribution in [0.3, 0.4) is 0 Å². The highest BCUT2D eigenvalue weighted by Gasteiger charge is 2.28. The molecule has 0 radical (unpaired) electrons. The van der Waals surface area contributed by atoms with Gasteiger partial charge in [0, 0.05) is 56.9 Å². The van der Waals surface area contributed by atoms with Gasteiger partial charge in [0.1, 0.15) is 0 Å². The Balaban J connectivity index is 0.000000197. The third-order valence-electron chi connectivity index (χ3n) is 17.3. The number of aromatic nitrogens is 8. The van der Waals surface area contributed by atoms with Gasteiger partial charge in [-0.25, -0.2) is 51.9 Å². The summed E-state index contributed by atoms with van der Waals surface area (Å²) in [6.07, 6.45) is 3.48. The molecular weight excluding hydrogens is 1230 g/mol. The summed E-state index contributed by atoms with van der Waals surface area (Å²) in [7, 11) is -1.32. The fraction of sp³-hybridized carbons (Fsp3) is 0.229. The van der Waals surface area contributed by atoms with Gasteiger partial charge in [0.2, 0.25) is 5.82 Å². The molecule has 4 heterocycles. The molecule has 0 saturated carbocycles. The molecule has 0 fully saturated rings. The van der Waals surface area contributed by atoms with E-state index in [-0.39, 0.29) is 27.2 Å². The molecule has 0 atom stereocenters. The zero-order valence-corrected chi connectivity index (χ0v) is 58.6. The first-order valence-corrected chi connectivity index (χ1v) is 36.0. The number of halogens is 5. The summed E-state index contributed by atoms with van der Waals surface area (Å²) >= 11 is 0. The molecule has 14 heteroatoms. The van der Waals surface area contributed by atoms with Crippen molar-refractivity contribution in [2.45, 2.75) is 124 Å². The van der Waals surface area contributed by atoms with Gasteiger partial charge < -0.3 is 0 Å². The van der Waals surface area contributed by atoms with Crippen LogP contribution in [0.2, 0.25) is 19.6 Å². The molecule has 12 rings (SSSR count). The Morgan fingerprint density at radius 2 is 0.454 bits per heavy atom. The SMILES string of the molecule is CC(C)(C)c1ccc(-c2nc(-c3ccc(C(C)(C)C)cc3)nc(-c3ccc(-c4ccc(-c5c(F)c(F)c(F)c(F)c5F)cc4)nc3)n2)cc1.CC(C)(C)c1ccc(-c2nc(-c3ccc(C(C)(C)C)cc3)nc(-c3ccc(-c4ccc(-c5ccc([Si](C)(C)C)cc5)cc4)nc3)n2)cc1. The van der Waals surface area contributed by atoms with E-state index < -0.39 is 42.7 Å². The average molecular weight is 1310 g/mol. The van der Waals surface area contributed by atoms with Crippen molar-refractivity contribution < 1.29 is 22.0 Å². The van der Waals surface area contributed by atoms with Gasteiger partial charge in [0.15, 0.2) is 58.2 Å². The first-order chi connectivity index (χ1) is 45.8.